The second-order valence-corrected chi connectivity index (χ2v) is 9.18. The monoisotopic (exact) mass is 433 g/mol. The Morgan fingerprint density at radius 1 is 1.16 bits per heavy atom. The van der Waals surface area contributed by atoms with Gasteiger partial charge >= 0.3 is 12.2 Å². The van der Waals surface area contributed by atoms with Crippen molar-refractivity contribution >= 4 is 23.8 Å². The highest BCUT2D eigenvalue weighted by Crippen LogP contribution is 2.42. The molecule has 1 unspecified atom stereocenters. The summed E-state index contributed by atoms with van der Waals surface area (Å²) < 4.78 is 16.7. The molecule has 1 atom stereocenters. The number of carbonyl (C=O) groups excluding carboxylic acids is 3. The molecule has 0 spiro atoms. The zero-order chi connectivity index (χ0) is 23.6. The van der Waals surface area contributed by atoms with E-state index in [0.717, 1.165) is 10.6 Å². The van der Waals surface area contributed by atoms with Gasteiger partial charge in [-0.3, -0.25) is 4.79 Å². The number of rotatable bonds is 4. The standard InChI is InChI=1S/C22H31N3O6/c1-9-12-29-22(15-13-14(2)10-11-16(15)23-17(22)26)25(19(28)31-21(6,7)8)24-18(27)30-20(3,4)5/h9-11,13H,1,12H2,2-8H3,(H,23,26)(H,24,27). The van der Waals surface area contributed by atoms with Gasteiger partial charge in [-0.1, -0.05) is 17.7 Å². The van der Waals surface area contributed by atoms with E-state index < -0.39 is 35.0 Å². The molecule has 0 bridgehead atoms. The molecule has 1 heterocycles. The normalized spacial score (nSPS) is 18.0. The van der Waals surface area contributed by atoms with Gasteiger partial charge in [0.05, 0.1) is 6.61 Å². The van der Waals surface area contributed by atoms with Crippen molar-refractivity contribution in [3.05, 3.63) is 42.0 Å². The van der Waals surface area contributed by atoms with Gasteiger partial charge < -0.3 is 19.5 Å². The molecule has 0 radical (unpaired) electrons. The Labute approximate surface area is 182 Å². The molecule has 1 aromatic carbocycles. The summed E-state index contributed by atoms with van der Waals surface area (Å²) in [5.74, 6) is -0.670. The fourth-order valence-electron chi connectivity index (χ4n) is 2.94. The fourth-order valence-corrected chi connectivity index (χ4v) is 2.94. The molecule has 9 heteroatoms. The van der Waals surface area contributed by atoms with Gasteiger partial charge in [0.2, 0.25) is 0 Å². The van der Waals surface area contributed by atoms with Crippen molar-refractivity contribution in [1.82, 2.24) is 10.4 Å². The first-order valence-electron chi connectivity index (χ1n) is 9.90. The van der Waals surface area contributed by atoms with Crippen LogP contribution < -0.4 is 10.7 Å². The average molecular weight is 434 g/mol. The first kappa shape index (κ1) is 24.2. The van der Waals surface area contributed by atoms with E-state index >= 15 is 0 Å². The van der Waals surface area contributed by atoms with Crippen LogP contribution in [-0.2, 0) is 24.7 Å². The van der Waals surface area contributed by atoms with E-state index in [0.29, 0.717) is 11.3 Å². The van der Waals surface area contributed by atoms with E-state index in [1.807, 2.05) is 13.0 Å². The molecule has 9 nitrogen and oxygen atoms in total. The Bertz CT molecular complexity index is 884. The maximum absolute atomic E-state index is 13.2. The average Bonchev–Trinajstić information content (AvgIpc) is 2.86. The molecule has 0 aromatic heterocycles. The summed E-state index contributed by atoms with van der Waals surface area (Å²) in [7, 11) is 0. The highest BCUT2D eigenvalue weighted by molar-refractivity contribution is 6.06. The Hall–Kier alpha value is -3.07. The summed E-state index contributed by atoms with van der Waals surface area (Å²) in [6.45, 7) is 15.4. The number of fused-ring (bicyclic) bond motifs is 1. The van der Waals surface area contributed by atoms with Crippen molar-refractivity contribution in [3.8, 4) is 0 Å². The van der Waals surface area contributed by atoms with Gasteiger partial charge in [0.1, 0.15) is 11.2 Å². The number of hydrazine groups is 1. The molecule has 3 amide bonds. The molecule has 31 heavy (non-hydrogen) atoms. The summed E-state index contributed by atoms with van der Waals surface area (Å²) in [4.78, 5) is 39.0. The summed E-state index contributed by atoms with van der Waals surface area (Å²) in [6.07, 6.45) is -0.510. The van der Waals surface area contributed by atoms with Crippen LogP contribution in [0.5, 0.6) is 0 Å². The minimum Gasteiger partial charge on any atom is -0.443 e. The molecular formula is C22H31N3O6. The summed E-state index contributed by atoms with van der Waals surface area (Å²) in [5.41, 5.74) is 0.188. The smallest absolute Gasteiger partial charge is 0.432 e. The molecule has 0 saturated carbocycles. The van der Waals surface area contributed by atoms with Gasteiger partial charge in [0, 0.05) is 11.3 Å². The second-order valence-electron chi connectivity index (χ2n) is 9.18. The molecule has 2 N–H and O–H groups in total. The van der Waals surface area contributed by atoms with Crippen molar-refractivity contribution in [2.24, 2.45) is 0 Å². The van der Waals surface area contributed by atoms with Gasteiger partial charge in [-0.05, 0) is 60.6 Å². The zero-order valence-corrected chi connectivity index (χ0v) is 19.1. The van der Waals surface area contributed by atoms with Crippen LogP contribution in [0.1, 0.15) is 52.7 Å². The minimum atomic E-state index is -2.03. The van der Waals surface area contributed by atoms with Crippen LogP contribution in [0.4, 0.5) is 15.3 Å². The SMILES string of the molecule is C=CCOC1(N(NC(=O)OC(C)(C)C)C(=O)OC(C)(C)C)C(=O)Nc2ccc(C)cc21. The quantitative estimate of drug-likeness (QED) is 0.423. The Morgan fingerprint density at radius 3 is 2.32 bits per heavy atom. The van der Waals surface area contributed by atoms with E-state index in [2.05, 4.69) is 17.3 Å². The third-order valence-electron chi connectivity index (χ3n) is 4.00. The Balaban J connectivity index is 2.63. The predicted octanol–water partition coefficient (Wildman–Crippen LogP) is 3.98. The Morgan fingerprint density at radius 2 is 1.77 bits per heavy atom. The number of carbonyl (C=O) groups is 3. The van der Waals surface area contributed by atoms with Crippen LogP contribution in [0.2, 0.25) is 0 Å². The molecule has 1 aliphatic rings. The lowest BCUT2D eigenvalue weighted by atomic mass is 10.0. The number of nitrogens with one attached hydrogen (secondary N) is 2. The molecular weight excluding hydrogens is 402 g/mol. The van der Waals surface area contributed by atoms with Crippen molar-refractivity contribution in [2.75, 3.05) is 11.9 Å². The first-order valence-corrected chi connectivity index (χ1v) is 9.90. The third-order valence-corrected chi connectivity index (χ3v) is 4.00. The molecule has 0 saturated heterocycles. The fraction of sp³-hybridized carbons (Fsp3) is 0.500. The van der Waals surface area contributed by atoms with Crippen molar-refractivity contribution in [1.29, 1.82) is 0 Å². The van der Waals surface area contributed by atoms with Crippen LogP contribution in [0.25, 0.3) is 0 Å². The zero-order valence-electron chi connectivity index (χ0n) is 19.1. The van der Waals surface area contributed by atoms with E-state index in [1.54, 1.807) is 53.7 Å². The lowest BCUT2D eigenvalue weighted by molar-refractivity contribution is -0.178. The van der Waals surface area contributed by atoms with Gasteiger partial charge in [0.25, 0.3) is 11.6 Å². The number of hydrogen-bond donors (Lipinski definition) is 2. The minimum absolute atomic E-state index is 0.0872. The molecule has 0 fully saturated rings. The number of aryl methyl sites for hydroxylation is 1. The summed E-state index contributed by atoms with van der Waals surface area (Å²) in [5, 5.41) is 3.44. The number of nitrogens with zero attached hydrogens (tertiary/aromatic N) is 1. The van der Waals surface area contributed by atoms with E-state index in [4.69, 9.17) is 14.2 Å². The van der Waals surface area contributed by atoms with Crippen molar-refractivity contribution < 1.29 is 28.6 Å². The summed E-state index contributed by atoms with van der Waals surface area (Å²) in [6, 6.07) is 5.20. The lowest BCUT2D eigenvalue weighted by Crippen LogP contribution is -2.63. The van der Waals surface area contributed by atoms with Crippen molar-refractivity contribution in [3.63, 3.8) is 0 Å². The number of ether oxygens (including phenoxy) is 3. The number of benzene rings is 1. The second kappa shape index (κ2) is 8.58. The third kappa shape index (κ3) is 5.55. The van der Waals surface area contributed by atoms with Crippen molar-refractivity contribution in [2.45, 2.75) is 65.4 Å². The van der Waals surface area contributed by atoms with Gasteiger partial charge in [-0.2, -0.15) is 5.01 Å². The van der Waals surface area contributed by atoms with Crippen LogP contribution in [0, 0.1) is 6.92 Å². The van der Waals surface area contributed by atoms with E-state index in [9.17, 15) is 14.4 Å². The molecule has 170 valence electrons. The van der Waals surface area contributed by atoms with Gasteiger partial charge in [-0.25, -0.2) is 15.0 Å². The van der Waals surface area contributed by atoms with Crippen LogP contribution in [-0.4, -0.2) is 40.9 Å². The maximum Gasteiger partial charge on any atom is 0.432 e. The molecule has 0 aliphatic carbocycles. The van der Waals surface area contributed by atoms with Gasteiger partial charge in [-0.15, -0.1) is 6.58 Å². The maximum atomic E-state index is 13.2. The predicted molar refractivity (Wildman–Crippen MR) is 115 cm³/mol. The van der Waals surface area contributed by atoms with Crippen LogP contribution in [0.15, 0.2) is 30.9 Å². The Kier molecular flexibility index (Phi) is 6.70. The van der Waals surface area contributed by atoms with Crippen LogP contribution >= 0.6 is 0 Å². The largest absolute Gasteiger partial charge is 0.443 e. The first-order chi connectivity index (χ1) is 14.2. The number of hydrogen-bond acceptors (Lipinski definition) is 6. The molecule has 1 aliphatic heterocycles. The lowest BCUT2D eigenvalue weighted by Gasteiger charge is -2.39. The number of anilines is 1. The summed E-state index contributed by atoms with van der Waals surface area (Å²) >= 11 is 0. The number of amides is 3. The van der Waals surface area contributed by atoms with Gasteiger partial charge in [0.15, 0.2) is 0 Å². The topological polar surface area (TPSA) is 106 Å². The molecule has 2 rings (SSSR count). The van der Waals surface area contributed by atoms with Crippen LogP contribution in [0.3, 0.4) is 0 Å². The molecule has 1 aromatic rings. The highest BCUT2D eigenvalue weighted by Gasteiger charge is 2.57. The van der Waals surface area contributed by atoms with E-state index in [1.165, 1.54) is 6.08 Å². The highest BCUT2D eigenvalue weighted by atomic mass is 16.6. The van der Waals surface area contributed by atoms with E-state index in [-0.39, 0.29) is 6.61 Å².